The monoisotopic (exact) mass is 218 g/mol. The highest BCUT2D eigenvalue weighted by Gasteiger charge is 1.88. The summed E-state index contributed by atoms with van der Waals surface area (Å²) in [6.45, 7) is 6.59. The van der Waals surface area contributed by atoms with Gasteiger partial charge in [0.05, 0.1) is 6.61 Å². The van der Waals surface area contributed by atoms with Crippen molar-refractivity contribution in [3.05, 3.63) is 0 Å². The molecule has 0 amide bonds. The molecule has 0 radical (unpaired) electrons. The predicted molar refractivity (Wildman–Crippen MR) is 62.8 cm³/mol. The number of ether oxygens (including phenoxy) is 1. The summed E-state index contributed by atoms with van der Waals surface area (Å²) in [5.41, 5.74) is 0. The molecule has 92 valence electrons. The lowest BCUT2D eigenvalue weighted by Crippen LogP contribution is -1.99. The first-order valence-electron chi connectivity index (χ1n) is 5.93. The van der Waals surface area contributed by atoms with E-state index in [1.807, 2.05) is 0 Å². The van der Waals surface area contributed by atoms with Gasteiger partial charge in [0.1, 0.15) is 0 Å². The summed E-state index contributed by atoms with van der Waals surface area (Å²) in [4.78, 5) is 10.1. The van der Waals surface area contributed by atoms with Crippen LogP contribution >= 0.6 is 0 Å². The zero-order valence-corrected chi connectivity index (χ0v) is 10.4. The number of aliphatic hydroxyl groups is 1. The first kappa shape index (κ1) is 16.8. The number of carbonyl (C=O) groups excluding carboxylic acids is 1. The summed E-state index contributed by atoms with van der Waals surface area (Å²) in [6, 6.07) is 0. The van der Waals surface area contributed by atoms with Gasteiger partial charge in [0.2, 0.25) is 0 Å². The summed E-state index contributed by atoms with van der Waals surface area (Å²) < 4.78 is 4.64. The highest BCUT2D eigenvalue weighted by atomic mass is 16.5. The van der Waals surface area contributed by atoms with Gasteiger partial charge >= 0.3 is 5.97 Å². The van der Waals surface area contributed by atoms with E-state index in [9.17, 15) is 4.79 Å². The van der Waals surface area contributed by atoms with Gasteiger partial charge in [-0.15, -0.1) is 0 Å². The Morgan fingerprint density at radius 3 is 2.07 bits per heavy atom. The normalized spacial score (nSPS) is 9.07. The Balaban J connectivity index is 0. The van der Waals surface area contributed by atoms with Crippen molar-refractivity contribution in [1.29, 1.82) is 0 Å². The van der Waals surface area contributed by atoms with Crippen LogP contribution in [0.5, 0.6) is 0 Å². The second-order valence-corrected chi connectivity index (χ2v) is 3.48. The molecule has 0 saturated carbocycles. The molecule has 0 fully saturated rings. The second kappa shape index (κ2) is 15.9. The van der Waals surface area contributed by atoms with Gasteiger partial charge in [-0.2, -0.15) is 0 Å². The van der Waals surface area contributed by atoms with E-state index < -0.39 is 0 Å². The van der Waals surface area contributed by atoms with E-state index in [-0.39, 0.29) is 5.97 Å². The Kier molecular flexibility index (Phi) is 17.8. The van der Waals surface area contributed by atoms with Gasteiger partial charge in [-0.25, -0.2) is 0 Å². The first-order valence-corrected chi connectivity index (χ1v) is 5.93. The average Bonchev–Trinajstić information content (AvgIpc) is 2.20. The van der Waals surface area contributed by atoms with E-state index in [0.717, 1.165) is 19.3 Å². The minimum absolute atomic E-state index is 0.182. The maximum absolute atomic E-state index is 10.1. The van der Waals surface area contributed by atoms with Crippen LogP contribution in [0.2, 0.25) is 0 Å². The third-order valence-corrected chi connectivity index (χ3v) is 1.81. The molecule has 0 aliphatic carbocycles. The number of hydrogen-bond acceptors (Lipinski definition) is 3. The minimum atomic E-state index is -0.182. The highest BCUT2D eigenvalue weighted by Crippen LogP contribution is 1.96. The van der Waals surface area contributed by atoms with E-state index in [0.29, 0.717) is 13.2 Å². The zero-order chi connectivity index (χ0) is 11.9. The van der Waals surface area contributed by atoms with Crippen LogP contribution < -0.4 is 0 Å². The second-order valence-electron chi connectivity index (χ2n) is 3.48. The highest BCUT2D eigenvalue weighted by molar-refractivity contribution is 5.65. The molecule has 0 aromatic heterocycles. The Morgan fingerprint density at radius 2 is 1.67 bits per heavy atom. The lowest BCUT2D eigenvalue weighted by Gasteiger charge is -1.96. The SMILES string of the molecule is CCCCCCO.CCCCOC(C)=O. The third-order valence-electron chi connectivity index (χ3n) is 1.81. The molecule has 0 aromatic rings. The van der Waals surface area contributed by atoms with Crippen LogP contribution in [0.4, 0.5) is 0 Å². The maximum atomic E-state index is 10.1. The number of esters is 1. The lowest BCUT2D eigenvalue weighted by molar-refractivity contribution is -0.141. The molecule has 0 heterocycles. The van der Waals surface area contributed by atoms with Crippen LogP contribution in [0.25, 0.3) is 0 Å². The summed E-state index contributed by atoms with van der Waals surface area (Å²) in [6.07, 6.45) is 6.73. The molecular formula is C12H26O3. The zero-order valence-electron chi connectivity index (χ0n) is 10.4. The molecule has 0 aliphatic rings. The number of rotatable bonds is 7. The Hall–Kier alpha value is -0.570. The fourth-order valence-corrected chi connectivity index (χ4v) is 0.899. The van der Waals surface area contributed by atoms with Crippen molar-refractivity contribution in [2.24, 2.45) is 0 Å². The van der Waals surface area contributed by atoms with Crippen molar-refractivity contribution in [3.63, 3.8) is 0 Å². The van der Waals surface area contributed by atoms with Gasteiger partial charge in [-0.3, -0.25) is 4.79 Å². The van der Waals surface area contributed by atoms with Gasteiger partial charge in [0.15, 0.2) is 0 Å². The molecule has 3 heteroatoms. The van der Waals surface area contributed by atoms with Crippen molar-refractivity contribution < 1.29 is 14.6 Å². The maximum Gasteiger partial charge on any atom is 0.302 e. The first-order chi connectivity index (χ1) is 7.18. The van der Waals surface area contributed by atoms with Crippen molar-refractivity contribution >= 4 is 5.97 Å². The average molecular weight is 218 g/mol. The molecular weight excluding hydrogens is 192 g/mol. The summed E-state index contributed by atoms with van der Waals surface area (Å²) in [5, 5.41) is 8.29. The van der Waals surface area contributed by atoms with E-state index in [2.05, 4.69) is 18.6 Å². The molecule has 0 atom stereocenters. The van der Waals surface area contributed by atoms with Crippen molar-refractivity contribution in [2.75, 3.05) is 13.2 Å². The van der Waals surface area contributed by atoms with E-state index in [1.54, 1.807) is 0 Å². The summed E-state index contributed by atoms with van der Waals surface area (Å²) in [5.74, 6) is -0.182. The molecule has 0 aliphatic heterocycles. The number of hydrogen-bond donors (Lipinski definition) is 1. The Bertz CT molecular complexity index is 120. The van der Waals surface area contributed by atoms with Gasteiger partial charge in [0.25, 0.3) is 0 Å². The van der Waals surface area contributed by atoms with E-state index >= 15 is 0 Å². The molecule has 0 rings (SSSR count). The molecule has 0 saturated heterocycles. The molecule has 0 aromatic carbocycles. The fourth-order valence-electron chi connectivity index (χ4n) is 0.899. The lowest BCUT2D eigenvalue weighted by atomic mass is 10.2. The molecule has 3 nitrogen and oxygen atoms in total. The molecule has 0 spiro atoms. The number of aliphatic hydroxyl groups excluding tert-OH is 1. The van der Waals surface area contributed by atoms with Crippen LogP contribution in [0.1, 0.15) is 59.3 Å². The number of unbranched alkanes of at least 4 members (excludes halogenated alkanes) is 4. The molecule has 15 heavy (non-hydrogen) atoms. The third kappa shape index (κ3) is 24.7. The van der Waals surface area contributed by atoms with Gasteiger partial charge in [-0.05, 0) is 12.8 Å². The topological polar surface area (TPSA) is 46.5 Å². The summed E-state index contributed by atoms with van der Waals surface area (Å²) >= 11 is 0. The Labute approximate surface area is 93.8 Å². The van der Waals surface area contributed by atoms with Crippen molar-refractivity contribution in [1.82, 2.24) is 0 Å². The smallest absolute Gasteiger partial charge is 0.302 e. The van der Waals surface area contributed by atoms with Crippen molar-refractivity contribution in [3.8, 4) is 0 Å². The van der Waals surface area contributed by atoms with Crippen LogP contribution in [-0.2, 0) is 9.53 Å². The Morgan fingerprint density at radius 1 is 1.07 bits per heavy atom. The quantitative estimate of drug-likeness (QED) is 0.528. The standard InChI is InChI=1S/C6H12O2.C6H14O/c1-3-4-5-8-6(2)7;1-2-3-4-5-6-7/h3-5H2,1-2H3;7H,2-6H2,1H3. The van der Waals surface area contributed by atoms with Crippen molar-refractivity contribution in [2.45, 2.75) is 59.3 Å². The van der Waals surface area contributed by atoms with Crippen LogP contribution in [0.15, 0.2) is 0 Å². The van der Waals surface area contributed by atoms with Gasteiger partial charge < -0.3 is 9.84 Å². The van der Waals surface area contributed by atoms with Gasteiger partial charge in [-0.1, -0.05) is 39.5 Å². The van der Waals surface area contributed by atoms with Crippen LogP contribution in [-0.4, -0.2) is 24.3 Å². The van der Waals surface area contributed by atoms with E-state index in [4.69, 9.17) is 5.11 Å². The molecule has 1 N–H and O–H groups in total. The van der Waals surface area contributed by atoms with Crippen LogP contribution in [0.3, 0.4) is 0 Å². The fraction of sp³-hybridized carbons (Fsp3) is 0.917. The number of carbonyl (C=O) groups is 1. The summed E-state index contributed by atoms with van der Waals surface area (Å²) in [7, 11) is 0. The molecule has 0 unspecified atom stereocenters. The van der Waals surface area contributed by atoms with Crippen LogP contribution in [0, 0.1) is 0 Å². The van der Waals surface area contributed by atoms with Gasteiger partial charge in [0, 0.05) is 13.5 Å². The predicted octanol–water partition coefficient (Wildman–Crippen LogP) is 2.91. The largest absolute Gasteiger partial charge is 0.466 e. The van der Waals surface area contributed by atoms with E-state index in [1.165, 1.54) is 26.2 Å². The molecule has 0 bridgehead atoms. The minimum Gasteiger partial charge on any atom is -0.466 e.